The van der Waals surface area contributed by atoms with Gasteiger partial charge in [-0.1, -0.05) is 13.8 Å². The molecule has 1 fully saturated rings. The van der Waals surface area contributed by atoms with Gasteiger partial charge in [-0.05, 0) is 44.9 Å². The first-order valence-corrected chi connectivity index (χ1v) is 7.94. The fourth-order valence-electron chi connectivity index (χ4n) is 3.19. The van der Waals surface area contributed by atoms with Crippen molar-refractivity contribution in [3.8, 4) is 0 Å². The minimum atomic E-state index is 0.480. The number of anilines is 1. The molecular formula is C16H25N3. The van der Waals surface area contributed by atoms with Gasteiger partial charge in [0, 0.05) is 30.3 Å². The van der Waals surface area contributed by atoms with Crippen LogP contribution in [0.5, 0.6) is 0 Å². The molecule has 3 heteroatoms. The smallest absolute Gasteiger partial charge is 0.135 e. The Hall–Kier alpha value is -1.12. The third-order valence-electron chi connectivity index (χ3n) is 4.64. The quantitative estimate of drug-likeness (QED) is 0.832. The van der Waals surface area contributed by atoms with E-state index in [4.69, 9.17) is 9.97 Å². The first-order chi connectivity index (χ1) is 9.29. The van der Waals surface area contributed by atoms with Crippen molar-refractivity contribution < 1.29 is 0 Å². The highest BCUT2D eigenvalue weighted by atomic mass is 15.2. The molecule has 2 heterocycles. The zero-order valence-electron chi connectivity index (χ0n) is 12.3. The Labute approximate surface area is 116 Å². The van der Waals surface area contributed by atoms with Crippen molar-refractivity contribution in [2.24, 2.45) is 0 Å². The topological polar surface area (TPSA) is 29.0 Å². The second-order valence-electron chi connectivity index (χ2n) is 6.04. The SMILES string of the molecule is CCC(C)c1nc2c(c(N3CCCC3)n1)CCCC2. The fourth-order valence-corrected chi connectivity index (χ4v) is 3.19. The summed E-state index contributed by atoms with van der Waals surface area (Å²) in [5.41, 5.74) is 2.80. The van der Waals surface area contributed by atoms with E-state index >= 15 is 0 Å². The molecule has 19 heavy (non-hydrogen) atoms. The van der Waals surface area contributed by atoms with Gasteiger partial charge < -0.3 is 4.90 Å². The Balaban J connectivity index is 2.03. The molecule has 0 aromatic carbocycles. The lowest BCUT2D eigenvalue weighted by Crippen LogP contribution is -2.24. The summed E-state index contributed by atoms with van der Waals surface area (Å²) in [7, 11) is 0. The molecule has 2 aliphatic rings. The monoisotopic (exact) mass is 259 g/mol. The molecular weight excluding hydrogens is 234 g/mol. The van der Waals surface area contributed by atoms with Crippen molar-refractivity contribution in [2.75, 3.05) is 18.0 Å². The van der Waals surface area contributed by atoms with Crippen LogP contribution in [0.4, 0.5) is 5.82 Å². The van der Waals surface area contributed by atoms with E-state index in [0.717, 1.165) is 18.7 Å². The van der Waals surface area contributed by atoms with Crippen LogP contribution in [-0.4, -0.2) is 23.1 Å². The predicted molar refractivity (Wildman–Crippen MR) is 78.8 cm³/mol. The van der Waals surface area contributed by atoms with Gasteiger partial charge in [0.05, 0.1) is 0 Å². The first-order valence-electron chi connectivity index (χ1n) is 7.94. The van der Waals surface area contributed by atoms with Crippen LogP contribution in [0.25, 0.3) is 0 Å². The van der Waals surface area contributed by atoms with Crippen LogP contribution in [0.3, 0.4) is 0 Å². The molecule has 0 N–H and O–H groups in total. The summed E-state index contributed by atoms with van der Waals surface area (Å²) in [4.78, 5) is 12.3. The molecule has 1 saturated heterocycles. The zero-order chi connectivity index (χ0) is 13.2. The second-order valence-corrected chi connectivity index (χ2v) is 6.04. The van der Waals surface area contributed by atoms with Gasteiger partial charge in [0.2, 0.25) is 0 Å². The summed E-state index contributed by atoms with van der Waals surface area (Å²) >= 11 is 0. The largest absolute Gasteiger partial charge is 0.356 e. The Morgan fingerprint density at radius 2 is 1.79 bits per heavy atom. The van der Waals surface area contributed by atoms with Crippen molar-refractivity contribution in [3.05, 3.63) is 17.1 Å². The van der Waals surface area contributed by atoms with Gasteiger partial charge in [-0.25, -0.2) is 9.97 Å². The molecule has 1 aromatic heterocycles. The molecule has 1 aromatic rings. The van der Waals surface area contributed by atoms with Gasteiger partial charge in [0.25, 0.3) is 0 Å². The van der Waals surface area contributed by atoms with Crippen molar-refractivity contribution in [1.82, 2.24) is 9.97 Å². The summed E-state index contributed by atoms with van der Waals surface area (Å²) in [6.07, 6.45) is 8.69. The van der Waals surface area contributed by atoms with Crippen molar-refractivity contribution in [3.63, 3.8) is 0 Å². The van der Waals surface area contributed by atoms with Gasteiger partial charge >= 0.3 is 0 Å². The zero-order valence-corrected chi connectivity index (χ0v) is 12.3. The summed E-state index contributed by atoms with van der Waals surface area (Å²) in [6, 6.07) is 0. The predicted octanol–water partition coefficient (Wildman–Crippen LogP) is 3.47. The van der Waals surface area contributed by atoms with Gasteiger partial charge in [-0.3, -0.25) is 0 Å². The Bertz CT molecular complexity index is 450. The molecule has 1 aliphatic carbocycles. The van der Waals surface area contributed by atoms with Gasteiger partial charge in [-0.15, -0.1) is 0 Å². The van der Waals surface area contributed by atoms with Crippen molar-refractivity contribution >= 4 is 5.82 Å². The van der Waals surface area contributed by atoms with Crippen LogP contribution in [0, 0.1) is 0 Å². The third kappa shape index (κ3) is 2.47. The lowest BCUT2D eigenvalue weighted by atomic mass is 9.95. The number of rotatable bonds is 3. The molecule has 0 spiro atoms. The van der Waals surface area contributed by atoms with Crippen molar-refractivity contribution in [2.45, 2.75) is 64.7 Å². The van der Waals surface area contributed by atoms with E-state index in [1.165, 1.54) is 62.3 Å². The first kappa shape index (κ1) is 12.9. The molecule has 104 valence electrons. The lowest BCUT2D eigenvalue weighted by Gasteiger charge is -2.26. The minimum Gasteiger partial charge on any atom is -0.356 e. The standard InChI is InChI=1S/C16H25N3/c1-3-12(2)15-17-14-9-5-4-8-13(14)16(18-15)19-10-6-7-11-19/h12H,3-11H2,1-2H3. The van der Waals surface area contributed by atoms with E-state index in [1.807, 2.05) is 0 Å². The van der Waals surface area contributed by atoms with Gasteiger partial charge in [-0.2, -0.15) is 0 Å². The molecule has 0 bridgehead atoms. The molecule has 0 saturated carbocycles. The molecule has 3 rings (SSSR count). The highest BCUT2D eigenvalue weighted by Crippen LogP contribution is 2.31. The molecule has 0 radical (unpaired) electrons. The number of hydrogen-bond donors (Lipinski definition) is 0. The van der Waals surface area contributed by atoms with Crippen LogP contribution in [0.1, 0.15) is 69.0 Å². The lowest BCUT2D eigenvalue weighted by molar-refractivity contribution is 0.621. The fraction of sp³-hybridized carbons (Fsp3) is 0.750. The Kier molecular flexibility index (Phi) is 3.72. The van der Waals surface area contributed by atoms with E-state index in [2.05, 4.69) is 18.7 Å². The summed E-state index contributed by atoms with van der Waals surface area (Å²) in [5, 5.41) is 0. The van der Waals surface area contributed by atoms with Crippen LogP contribution < -0.4 is 4.90 Å². The van der Waals surface area contributed by atoms with Crippen molar-refractivity contribution in [1.29, 1.82) is 0 Å². The van der Waals surface area contributed by atoms with Gasteiger partial charge in [0.1, 0.15) is 11.6 Å². The summed E-state index contributed by atoms with van der Waals surface area (Å²) in [5.74, 6) is 2.83. The van der Waals surface area contributed by atoms with E-state index < -0.39 is 0 Å². The third-order valence-corrected chi connectivity index (χ3v) is 4.64. The maximum Gasteiger partial charge on any atom is 0.135 e. The van der Waals surface area contributed by atoms with E-state index in [9.17, 15) is 0 Å². The molecule has 0 amide bonds. The van der Waals surface area contributed by atoms with Crippen LogP contribution in [0.2, 0.25) is 0 Å². The number of aryl methyl sites for hydroxylation is 1. The number of hydrogen-bond acceptors (Lipinski definition) is 3. The number of nitrogens with zero attached hydrogens (tertiary/aromatic N) is 3. The average molecular weight is 259 g/mol. The van der Waals surface area contributed by atoms with E-state index in [0.29, 0.717) is 5.92 Å². The molecule has 3 nitrogen and oxygen atoms in total. The summed E-state index contributed by atoms with van der Waals surface area (Å²) < 4.78 is 0. The van der Waals surface area contributed by atoms with E-state index in [1.54, 1.807) is 0 Å². The van der Waals surface area contributed by atoms with Crippen LogP contribution in [-0.2, 0) is 12.8 Å². The van der Waals surface area contributed by atoms with Crippen LogP contribution >= 0.6 is 0 Å². The van der Waals surface area contributed by atoms with Crippen LogP contribution in [0.15, 0.2) is 0 Å². The highest BCUT2D eigenvalue weighted by molar-refractivity contribution is 5.51. The van der Waals surface area contributed by atoms with Gasteiger partial charge in [0.15, 0.2) is 0 Å². The highest BCUT2D eigenvalue weighted by Gasteiger charge is 2.24. The molecule has 1 aliphatic heterocycles. The maximum absolute atomic E-state index is 4.95. The molecule has 1 unspecified atom stereocenters. The second kappa shape index (κ2) is 5.48. The van der Waals surface area contributed by atoms with E-state index in [-0.39, 0.29) is 0 Å². The number of fused-ring (bicyclic) bond motifs is 1. The number of aromatic nitrogens is 2. The average Bonchev–Trinajstić information content (AvgIpc) is 2.99. The Morgan fingerprint density at radius 1 is 1.05 bits per heavy atom. The minimum absolute atomic E-state index is 0.480. The molecule has 1 atom stereocenters. The summed E-state index contributed by atoms with van der Waals surface area (Å²) in [6.45, 7) is 6.84. The maximum atomic E-state index is 4.95. The Morgan fingerprint density at radius 3 is 2.53 bits per heavy atom. The normalized spacial score (nSPS) is 20.4.